The molecule has 0 radical (unpaired) electrons. The monoisotopic (exact) mass is 574 g/mol. The minimum Gasteiger partial charge on any atom is -0.461 e. The summed E-state index contributed by atoms with van der Waals surface area (Å²) in [6.07, 6.45) is -15.8. The zero-order valence-electron chi connectivity index (χ0n) is 18.1. The normalized spacial score (nSPS) is 15.2. The number of ether oxygens (including phenoxy) is 3. The maximum Gasteiger partial charge on any atom is 0.468 e. The summed E-state index contributed by atoms with van der Waals surface area (Å²) >= 11 is 0. The Morgan fingerprint density at radius 2 is 1.42 bits per heavy atom. The van der Waals surface area contributed by atoms with Crippen LogP contribution in [-0.4, -0.2) is 67.4 Å². The third-order valence-electron chi connectivity index (χ3n) is 4.14. The standard InChI is InChI=1S/C17H20F10O8S/c1-3-4-8-33-12(29)14(16(23,24)25,35-11(28)10(2)15(20,21)22)34-9-6-5-7-13(18,19)17(26,27)36(30,31)32/h2-9H2,1H3,(H,30,31,32). The first kappa shape index (κ1) is 33.8. The van der Waals surface area contributed by atoms with E-state index in [0.29, 0.717) is 0 Å². The second-order valence-electron chi connectivity index (χ2n) is 6.97. The van der Waals surface area contributed by atoms with Crippen molar-refractivity contribution in [2.75, 3.05) is 13.2 Å². The van der Waals surface area contributed by atoms with E-state index in [-0.39, 0.29) is 12.8 Å². The van der Waals surface area contributed by atoms with Gasteiger partial charge in [-0.2, -0.15) is 52.3 Å². The molecule has 0 saturated carbocycles. The Morgan fingerprint density at radius 3 is 1.83 bits per heavy atom. The number of hydrogen-bond acceptors (Lipinski definition) is 7. The predicted octanol–water partition coefficient (Wildman–Crippen LogP) is 4.55. The van der Waals surface area contributed by atoms with Crippen molar-refractivity contribution in [3.63, 3.8) is 0 Å². The number of rotatable bonds is 14. The maximum atomic E-state index is 13.7. The van der Waals surface area contributed by atoms with Crippen LogP contribution in [0.15, 0.2) is 12.2 Å². The van der Waals surface area contributed by atoms with Crippen molar-refractivity contribution in [2.24, 2.45) is 0 Å². The first-order chi connectivity index (χ1) is 16.0. The minimum absolute atomic E-state index is 0.0417. The first-order valence-corrected chi connectivity index (χ1v) is 11.0. The molecule has 0 heterocycles. The van der Waals surface area contributed by atoms with Crippen LogP contribution in [0.1, 0.15) is 39.0 Å². The van der Waals surface area contributed by atoms with E-state index in [1.807, 2.05) is 0 Å². The number of unbranched alkanes of at least 4 members (excludes halogenated alkanes) is 2. The highest BCUT2D eigenvalue weighted by Gasteiger charge is 2.68. The third-order valence-corrected chi connectivity index (χ3v) is 5.08. The highest BCUT2D eigenvalue weighted by molar-refractivity contribution is 7.87. The van der Waals surface area contributed by atoms with E-state index in [2.05, 4.69) is 20.8 Å². The number of esters is 2. The van der Waals surface area contributed by atoms with Crippen molar-refractivity contribution in [3.05, 3.63) is 12.2 Å². The summed E-state index contributed by atoms with van der Waals surface area (Å²) in [4.78, 5) is 23.7. The fraction of sp³-hybridized carbons (Fsp3) is 0.765. The van der Waals surface area contributed by atoms with E-state index >= 15 is 0 Å². The number of alkyl halides is 10. The van der Waals surface area contributed by atoms with Gasteiger partial charge >= 0.3 is 51.4 Å². The average Bonchev–Trinajstić information content (AvgIpc) is 2.69. The van der Waals surface area contributed by atoms with E-state index in [1.165, 1.54) is 6.92 Å². The molecule has 0 rings (SSSR count). The summed E-state index contributed by atoms with van der Waals surface area (Å²) in [6, 6.07) is 0. The largest absolute Gasteiger partial charge is 0.468 e. The van der Waals surface area contributed by atoms with Crippen LogP contribution in [0.5, 0.6) is 0 Å². The summed E-state index contributed by atoms with van der Waals surface area (Å²) in [6.45, 7) is 1.47. The van der Waals surface area contributed by atoms with Gasteiger partial charge in [-0.1, -0.05) is 19.9 Å². The molecule has 8 nitrogen and oxygen atoms in total. The Bertz CT molecular complexity index is 898. The molecule has 0 aromatic carbocycles. The minimum atomic E-state index is -6.58. The average molecular weight is 574 g/mol. The van der Waals surface area contributed by atoms with Crippen LogP contribution in [0.2, 0.25) is 0 Å². The van der Waals surface area contributed by atoms with Gasteiger partial charge in [0.25, 0.3) is 0 Å². The molecule has 0 aliphatic heterocycles. The van der Waals surface area contributed by atoms with Crippen molar-refractivity contribution in [1.82, 2.24) is 0 Å². The zero-order chi connectivity index (χ0) is 28.8. The number of hydrogen-bond donors (Lipinski definition) is 1. The van der Waals surface area contributed by atoms with Gasteiger partial charge in [-0.3, -0.25) is 4.55 Å². The maximum absolute atomic E-state index is 13.7. The fourth-order valence-corrected chi connectivity index (χ4v) is 2.58. The summed E-state index contributed by atoms with van der Waals surface area (Å²) < 4.78 is 173. The van der Waals surface area contributed by atoms with E-state index < -0.39 is 89.4 Å². The van der Waals surface area contributed by atoms with E-state index in [1.54, 1.807) is 0 Å². The molecule has 0 aromatic rings. The zero-order valence-corrected chi connectivity index (χ0v) is 19.0. The Labute approximate surface area is 197 Å². The third kappa shape index (κ3) is 8.19. The van der Waals surface area contributed by atoms with Crippen molar-refractivity contribution < 1.29 is 80.7 Å². The molecule has 212 valence electrons. The summed E-state index contributed by atoms with van der Waals surface area (Å²) in [5, 5.41) is -5.97. The molecule has 0 spiro atoms. The number of carbonyl (C=O) groups is 2. The van der Waals surface area contributed by atoms with Crippen LogP contribution in [0, 0.1) is 0 Å². The molecule has 1 atom stereocenters. The molecule has 36 heavy (non-hydrogen) atoms. The molecular formula is C17H20F10O8S. The molecule has 0 bridgehead atoms. The van der Waals surface area contributed by atoms with Crippen LogP contribution in [-0.2, 0) is 33.9 Å². The predicted molar refractivity (Wildman–Crippen MR) is 97.2 cm³/mol. The molecule has 1 N–H and O–H groups in total. The molecule has 0 amide bonds. The van der Waals surface area contributed by atoms with Crippen molar-refractivity contribution >= 4 is 22.1 Å². The fourth-order valence-electron chi connectivity index (χ4n) is 2.10. The van der Waals surface area contributed by atoms with Gasteiger partial charge in [0.05, 0.1) is 13.2 Å². The molecule has 0 aliphatic rings. The van der Waals surface area contributed by atoms with Crippen LogP contribution in [0.25, 0.3) is 0 Å². The summed E-state index contributed by atoms with van der Waals surface area (Å²) in [7, 11) is -6.58. The van der Waals surface area contributed by atoms with Crippen molar-refractivity contribution in [3.8, 4) is 0 Å². The van der Waals surface area contributed by atoms with Crippen LogP contribution in [0.4, 0.5) is 43.9 Å². The summed E-state index contributed by atoms with van der Waals surface area (Å²) in [5.41, 5.74) is -2.48. The molecule has 0 aliphatic carbocycles. The highest BCUT2D eigenvalue weighted by Crippen LogP contribution is 2.42. The first-order valence-electron chi connectivity index (χ1n) is 9.58. The Hall–Kier alpha value is -2.15. The topological polar surface area (TPSA) is 116 Å². The highest BCUT2D eigenvalue weighted by atomic mass is 32.2. The molecule has 1 unspecified atom stereocenters. The van der Waals surface area contributed by atoms with Gasteiger partial charge in [0.1, 0.15) is 5.57 Å². The Balaban J connectivity index is 5.78. The van der Waals surface area contributed by atoms with Gasteiger partial charge in [-0.15, -0.1) is 0 Å². The van der Waals surface area contributed by atoms with Crippen molar-refractivity contribution in [2.45, 2.75) is 68.3 Å². The SMILES string of the molecule is C=C(C(=O)OC(OCCCCC(F)(F)C(F)(F)S(=O)(=O)O)(C(=O)OCCCC)C(F)(F)F)C(F)(F)F. The Kier molecular flexibility index (Phi) is 11.2. The van der Waals surface area contributed by atoms with Gasteiger partial charge in [-0.05, 0) is 19.3 Å². The van der Waals surface area contributed by atoms with Gasteiger partial charge < -0.3 is 14.2 Å². The van der Waals surface area contributed by atoms with Gasteiger partial charge in [0.2, 0.25) is 0 Å². The second-order valence-corrected chi connectivity index (χ2v) is 8.43. The van der Waals surface area contributed by atoms with Gasteiger partial charge in [0, 0.05) is 6.42 Å². The number of halogens is 10. The lowest BCUT2D eigenvalue weighted by Gasteiger charge is -2.32. The van der Waals surface area contributed by atoms with E-state index in [4.69, 9.17) is 4.55 Å². The second kappa shape index (κ2) is 11.9. The summed E-state index contributed by atoms with van der Waals surface area (Å²) in [5.74, 6) is -15.6. The quantitative estimate of drug-likeness (QED) is 0.0803. The lowest BCUT2D eigenvalue weighted by molar-refractivity contribution is -0.355. The molecule has 19 heteroatoms. The lowest BCUT2D eigenvalue weighted by Crippen LogP contribution is -2.58. The van der Waals surface area contributed by atoms with Gasteiger partial charge in [0.15, 0.2) is 0 Å². The smallest absolute Gasteiger partial charge is 0.461 e. The molecule has 0 aromatic heterocycles. The molecular weight excluding hydrogens is 554 g/mol. The van der Waals surface area contributed by atoms with E-state index in [0.717, 1.165) is 0 Å². The van der Waals surface area contributed by atoms with Crippen LogP contribution >= 0.6 is 0 Å². The van der Waals surface area contributed by atoms with E-state index in [9.17, 15) is 61.9 Å². The Morgan fingerprint density at radius 1 is 0.889 bits per heavy atom. The molecule has 0 fully saturated rings. The van der Waals surface area contributed by atoms with Crippen molar-refractivity contribution in [1.29, 1.82) is 0 Å². The van der Waals surface area contributed by atoms with Gasteiger partial charge in [-0.25, -0.2) is 9.59 Å². The lowest BCUT2D eigenvalue weighted by atomic mass is 10.1. The molecule has 0 saturated heterocycles. The van der Waals surface area contributed by atoms with Crippen LogP contribution in [0.3, 0.4) is 0 Å². The van der Waals surface area contributed by atoms with Crippen LogP contribution < -0.4 is 0 Å². The number of carbonyl (C=O) groups excluding carboxylic acids is 2.